The van der Waals surface area contributed by atoms with Crippen LogP contribution in [-0.4, -0.2) is 82.8 Å². The van der Waals surface area contributed by atoms with Gasteiger partial charge in [-0.3, -0.25) is 14.7 Å². The van der Waals surface area contributed by atoms with Gasteiger partial charge in [-0.1, -0.05) is 6.07 Å². The zero-order valence-corrected chi connectivity index (χ0v) is 15.1. The summed E-state index contributed by atoms with van der Waals surface area (Å²) in [5, 5.41) is 0. The van der Waals surface area contributed by atoms with Crippen LogP contribution in [0.1, 0.15) is 10.4 Å². The van der Waals surface area contributed by atoms with Crippen molar-refractivity contribution in [3.8, 4) is 11.5 Å². The number of amides is 1. The number of likely N-dealkylation sites (N-methyl/N-ethyl adjacent to an activating group) is 1. The molecule has 0 radical (unpaired) electrons. The second-order valence-electron chi connectivity index (χ2n) is 6.70. The summed E-state index contributed by atoms with van der Waals surface area (Å²) < 4.78 is 24.1. The van der Waals surface area contributed by atoms with Crippen LogP contribution in [0.2, 0.25) is 0 Å². The van der Waals surface area contributed by atoms with E-state index in [1.54, 1.807) is 23.2 Å². The molecule has 2 aromatic rings. The lowest BCUT2D eigenvalue weighted by Gasteiger charge is -2.42. The number of aromatic nitrogens is 3. The van der Waals surface area contributed by atoms with Crippen LogP contribution in [0.3, 0.4) is 0 Å². The summed E-state index contributed by atoms with van der Waals surface area (Å²) in [7, 11) is -1.22. The van der Waals surface area contributed by atoms with E-state index >= 15 is 0 Å². The highest BCUT2D eigenvalue weighted by Crippen LogP contribution is 2.27. The minimum absolute atomic E-state index is 0.0145. The Bertz CT molecular complexity index is 917. The summed E-state index contributed by atoms with van der Waals surface area (Å²) in [6.07, 6.45) is 4.62. The Labute approximate surface area is 151 Å². The van der Waals surface area contributed by atoms with Gasteiger partial charge in [0, 0.05) is 37.7 Å². The summed E-state index contributed by atoms with van der Waals surface area (Å²) in [5.41, 5.74) is 0.991. The summed E-state index contributed by atoms with van der Waals surface area (Å²) in [6, 6.07) is 4.98. The predicted octanol–water partition coefficient (Wildman–Crippen LogP) is 0.0918. The fourth-order valence-corrected chi connectivity index (χ4v) is 5.67. The van der Waals surface area contributed by atoms with Crippen molar-refractivity contribution in [2.75, 3.05) is 31.6 Å². The highest BCUT2D eigenvalue weighted by atomic mass is 32.2. The largest absolute Gasteiger partial charge is 0.332 e. The van der Waals surface area contributed by atoms with Crippen LogP contribution in [0.15, 0.2) is 36.8 Å². The van der Waals surface area contributed by atoms with Gasteiger partial charge in [0.05, 0.1) is 23.1 Å². The molecule has 2 unspecified atom stereocenters. The van der Waals surface area contributed by atoms with Crippen LogP contribution >= 0.6 is 0 Å². The van der Waals surface area contributed by atoms with E-state index in [4.69, 9.17) is 0 Å². The van der Waals surface area contributed by atoms with Crippen LogP contribution in [0.25, 0.3) is 11.5 Å². The van der Waals surface area contributed by atoms with Gasteiger partial charge >= 0.3 is 0 Å². The van der Waals surface area contributed by atoms with Crippen molar-refractivity contribution in [3.63, 3.8) is 0 Å². The first-order valence-corrected chi connectivity index (χ1v) is 10.2. The topological polar surface area (TPSA) is 96.4 Å². The summed E-state index contributed by atoms with van der Waals surface area (Å²) in [5.74, 6) is 0.341. The van der Waals surface area contributed by atoms with Gasteiger partial charge in [-0.2, -0.15) is 0 Å². The Balaban J connectivity index is 1.57. The monoisotopic (exact) mass is 373 g/mol. The number of sulfone groups is 1. The van der Waals surface area contributed by atoms with Crippen molar-refractivity contribution in [3.05, 3.63) is 42.4 Å². The maximum atomic E-state index is 12.9. The van der Waals surface area contributed by atoms with Crippen LogP contribution in [0.5, 0.6) is 0 Å². The van der Waals surface area contributed by atoms with Crippen LogP contribution < -0.4 is 0 Å². The van der Waals surface area contributed by atoms with E-state index in [1.165, 1.54) is 12.4 Å². The normalized spacial score (nSPS) is 25.0. The van der Waals surface area contributed by atoms with Gasteiger partial charge in [-0.15, -0.1) is 0 Å². The minimum Gasteiger partial charge on any atom is -0.332 e. The summed E-state index contributed by atoms with van der Waals surface area (Å²) >= 11 is 0. The van der Waals surface area contributed by atoms with E-state index in [1.807, 2.05) is 18.0 Å². The minimum atomic E-state index is -3.13. The van der Waals surface area contributed by atoms with Crippen molar-refractivity contribution in [2.45, 2.75) is 12.1 Å². The summed E-state index contributed by atoms with van der Waals surface area (Å²) in [6.45, 7) is 1.14. The number of nitrogens with zero attached hydrogens (tertiary/aromatic N) is 5. The quantitative estimate of drug-likeness (QED) is 0.736. The number of carbonyl (C=O) groups is 1. The molecule has 136 valence electrons. The third kappa shape index (κ3) is 3.08. The zero-order valence-electron chi connectivity index (χ0n) is 14.3. The Morgan fingerprint density at radius 1 is 1.08 bits per heavy atom. The molecule has 2 saturated heterocycles. The molecule has 0 spiro atoms. The number of hydrogen-bond acceptors (Lipinski definition) is 7. The zero-order chi connectivity index (χ0) is 18.3. The molecule has 0 aromatic carbocycles. The van der Waals surface area contributed by atoms with Crippen LogP contribution in [0.4, 0.5) is 0 Å². The highest BCUT2D eigenvalue weighted by Gasteiger charge is 2.47. The first-order chi connectivity index (χ1) is 12.4. The number of fused-ring (bicyclic) bond motifs is 1. The SMILES string of the molecule is CN1CCN(C(=O)c2cnc(-c3ccccn3)nc2)C2CS(=O)(=O)CC21. The van der Waals surface area contributed by atoms with Crippen molar-refractivity contribution in [2.24, 2.45) is 0 Å². The van der Waals surface area contributed by atoms with E-state index in [0.29, 0.717) is 30.2 Å². The maximum absolute atomic E-state index is 12.9. The number of rotatable bonds is 2. The van der Waals surface area contributed by atoms with Crippen molar-refractivity contribution >= 4 is 15.7 Å². The van der Waals surface area contributed by atoms with Gasteiger partial charge in [0.25, 0.3) is 5.91 Å². The lowest BCUT2D eigenvalue weighted by Crippen LogP contribution is -2.59. The lowest BCUT2D eigenvalue weighted by molar-refractivity contribution is 0.0409. The molecule has 2 atom stereocenters. The molecule has 1 amide bonds. The molecule has 0 aliphatic carbocycles. The van der Waals surface area contributed by atoms with E-state index in [-0.39, 0.29) is 29.5 Å². The lowest BCUT2D eigenvalue weighted by atomic mass is 10.0. The van der Waals surface area contributed by atoms with Gasteiger partial charge < -0.3 is 4.90 Å². The number of hydrogen-bond donors (Lipinski definition) is 0. The third-order valence-corrected chi connectivity index (χ3v) is 6.71. The van der Waals surface area contributed by atoms with Crippen molar-refractivity contribution in [1.82, 2.24) is 24.8 Å². The molecule has 2 fully saturated rings. The van der Waals surface area contributed by atoms with Gasteiger partial charge in [0.2, 0.25) is 0 Å². The van der Waals surface area contributed by atoms with E-state index in [2.05, 4.69) is 15.0 Å². The molecule has 2 aliphatic rings. The first kappa shape index (κ1) is 17.0. The van der Waals surface area contributed by atoms with Crippen molar-refractivity contribution < 1.29 is 13.2 Å². The standard InChI is InChI=1S/C17H19N5O3S/c1-21-6-7-22(15-11-26(24,25)10-14(15)21)17(23)12-8-19-16(20-9-12)13-4-2-3-5-18-13/h2-5,8-9,14-15H,6-7,10-11H2,1H3. The number of carbonyl (C=O) groups excluding carboxylic acids is 1. The molecule has 8 nitrogen and oxygen atoms in total. The molecule has 4 heterocycles. The second-order valence-corrected chi connectivity index (χ2v) is 8.85. The molecule has 4 rings (SSSR count). The van der Waals surface area contributed by atoms with E-state index in [9.17, 15) is 13.2 Å². The fourth-order valence-electron chi connectivity index (χ4n) is 3.61. The molecular weight excluding hydrogens is 354 g/mol. The number of piperazine rings is 1. The predicted molar refractivity (Wildman–Crippen MR) is 95.2 cm³/mol. The molecule has 2 aromatic heterocycles. The Morgan fingerprint density at radius 2 is 1.81 bits per heavy atom. The molecule has 26 heavy (non-hydrogen) atoms. The van der Waals surface area contributed by atoms with E-state index in [0.717, 1.165) is 0 Å². The maximum Gasteiger partial charge on any atom is 0.257 e. The molecular formula is C17H19N5O3S. The Kier molecular flexibility index (Phi) is 4.20. The molecule has 0 saturated carbocycles. The average Bonchev–Trinajstić information content (AvgIpc) is 2.98. The molecule has 0 N–H and O–H groups in total. The number of pyridine rings is 1. The molecule has 9 heteroatoms. The second kappa shape index (κ2) is 6.40. The highest BCUT2D eigenvalue weighted by molar-refractivity contribution is 7.91. The van der Waals surface area contributed by atoms with Crippen LogP contribution in [-0.2, 0) is 9.84 Å². The molecule has 2 aliphatic heterocycles. The smallest absolute Gasteiger partial charge is 0.257 e. The fraction of sp³-hybridized carbons (Fsp3) is 0.412. The van der Waals surface area contributed by atoms with Gasteiger partial charge in [-0.25, -0.2) is 18.4 Å². The third-order valence-electron chi connectivity index (χ3n) is 5.01. The van der Waals surface area contributed by atoms with Gasteiger partial charge in [-0.05, 0) is 19.2 Å². The molecule has 0 bridgehead atoms. The Hall–Kier alpha value is -2.39. The van der Waals surface area contributed by atoms with E-state index < -0.39 is 9.84 Å². The van der Waals surface area contributed by atoms with Gasteiger partial charge in [0.1, 0.15) is 5.69 Å². The average molecular weight is 373 g/mol. The summed E-state index contributed by atoms with van der Waals surface area (Å²) in [4.78, 5) is 29.3. The van der Waals surface area contributed by atoms with Gasteiger partial charge in [0.15, 0.2) is 15.7 Å². The van der Waals surface area contributed by atoms with Crippen LogP contribution in [0, 0.1) is 0 Å². The Morgan fingerprint density at radius 3 is 2.50 bits per heavy atom. The van der Waals surface area contributed by atoms with Crippen molar-refractivity contribution in [1.29, 1.82) is 0 Å². The first-order valence-electron chi connectivity index (χ1n) is 8.40.